The lowest BCUT2D eigenvalue weighted by Gasteiger charge is -2.19. The fourth-order valence-corrected chi connectivity index (χ4v) is 3.45. The highest BCUT2D eigenvalue weighted by Crippen LogP contribution is 2.34. The van der Waals surface area contributed by atoms with Crippen LogP contribution in [0.2, 0.25) is 0 Å². The number of aromatic nitrogens is 3. The van der Waals surface area contributed by atoms with Gasteiger partial charge in [-0.15, -0.1) is 0 Å². The van der Waals surface area contributed by atoms with E-state index in [9.17, 15) is 15.3 Å². The van der Waals surface area contributed by atoms with Gasteiger partial charge in [0.25, 0.3) is 0 Å². The molecule has 2 fully saturated rings. The highest BCUT2D eigenvalue weighted by Gasteiger charge is 2.43. The summed E-state index contributed by atoms with van der Waals surface area (Å²) in [4.78, 5) is 10.9. The van der Waals surface area contributed by atoms with E-state index in [-0.39, 0.29) is 6.61 Å². The number of hydrogen-bond acceptors (Lipinski definition) is 7. The maximum atomic E-state index is 10.2. The van der Waals surface area contributed by atoms with Crippen molar-refractivity contribution in [2.24, 2.45) is 0 Å². The molecule has 23 heavy (non-hydrogen) atoms. The third-order valence-corrected chi connectivity index (χ3v) is 4.69. The van der Waals surface area contributed by atoms with Gasteiger partial charge in [0.15, 0.2) is 6.23 Å². The van der Waals surface area contributed by atoms with Gasteiger partial charge in [-0.1, -0.05) is 0 Å². The number of hydrogen-bond donors (Lipinski definition) is 3. The lowest BCUT2D eigenvalue weighted by Crippen LogP contribution is -2.33. The van der Waals surface area contributed by atoms with Crippen molar-refractivity contribution in [3.05, 3.63) is 18.6 Å². The van der Waals surface area contributed by atoms with Crippen LogP contribution in [0.1, 0.15) is 19.1 Å². The van der Waals surface area contributed by atoms with Crippen molar-refractivity contribution < 1.29 is 20.1 Å². The SMILES string of the molecule is OC[C@H]1O[C@@H](n2ccc3c(N4CCCC4)ncnc32)[C@H](O)[C@@H]1O. The molecule has 0 amide bonds. The molecule has 0 spiro atoms. The number of nitrogens with zero attached hydrogens (tertiary/aromatic N) is 4. The first-order chi connectivity index (χ1) is 11.2. The van der Waals surface area contributed by atoms with Gasteiger partial charge in [-0.3, -0.25) is 0 Å². The van der Waals surface area contributed by atoms with Crippen LogP contribution in [0.15, 0.2) is 18.6 Å². The molecule has 4 atom stereocenters. The van der Waals surface area contributed by atoms with Gasteiger partial charge in [0.05, 0.1) is 12.0 Å². The van der Waals surface area contributed by atoms with Crippen molar-refractivity contribution >= 4 is 16.9 Å². The zero-order valence-electron chi connectivity index (χ0n) is 12.6. The molecular formula is C15H20N4O4. The summed E-state index contributed by atoms with van der Waals surface area (Å²) in [7, 11) is 0. The number of aliphatic hydroxyl groups excluding tert-OH is 3. The second-order valence-electron chi connectivity index (χ2n) is 6.08. The van der Waals surface area contributed by atoms with Crippen LogP contribution in [-0.2, 0) is 4.74 Å². The molecule has 3 N–H and O–H groups in total. The van der Waals surface area contributed by atoms with E-state index in [2.05, 4.69) is 14.9 Å². The Balaban J connectivity index is 1.73. The van der Waals surface area contributed by atoms with Gasteiger partial charge in [-0.2, -0.15) is 0 Å². The van der Waals surface area contributed by atoms with Crippen LogP contribution < -0.4 is 4.90 Å². The van der Waals surface area contributed by atoms with Crippen molar-refractivity contribution in [1.29, 1.82) is 0 Å². The minimum atomic E-state index is -1.12. The Labute approximate surface area is 133 Å². The van der Waals surface area contributed by atoms with Crippen LogP contribution in [0.25, 0.3) is 11.0 Å². The van der Waals surface area contributed by atoms with Gasteiger partial charge in [0, 0.05) is 19.3 Å². The summed E-state index contributed by atoms with van der Waals surface area (Å²) in [5.74, 6) is 0.887. The van der Waals surface area contributed by atoms with E-state index in [1.54, 1.807) is 10.8 Å². The summed E-state index contributed by atoms with van der Waals surface area (Å²) < 4.78 is 7.29. The lowest BCUT2D eigenvalue weighted by atomic mass is 10.1. The average molecular weight is 320 g/mol. The molecule has 4 rings (SSSR count). The monoisotopic (exact) mass is 320 g/mol. The summed E-state index contributed by atoms with van der Waals surface area (Å²) >= 11 is 0. The molecule has 2 aromatic rings. The van der Waals surface area contributed by atoms with Gasteiger partial charge < -0.3 is 29.5 Å². The smallest absolute Gasteiger partial charge is 0.164 e. The summed E-state index contributed by atoms with van der Waals surface area (Å²) in [5.41, 5.74) is 0.650. The molecular weight excluding hydrogens is 300 g/mol. The first-order valence-corrected chi connectivity index (χ1v) is 7.89. The minimum Gasteiger partial charge on any atom is -0.394 e. The van der Waals surface area contributed by atoms with Crippen LogP contribution >= 0.6 is 0 Å². The van der Waals surface area contributed by atoms with Crippen molar-refractivity contribution in [2.75, 3.05) is 24.6 Å². The Morgan fingerprint density at radius 1 is 1.17 bits per heavy atom. The van der Waals surface area contributed by atoms with Gasteiger partial charge >= 0.3 is 0 Å². The standard InChI is InChI=1S/C15H20N4O4/c20-7-10-11(21)12(22)15(23-10)19-6-3-9-13(16-8-17-14(9)19)18-4-1-2-5-18/h3,6,8,10-12,15,20-22H,1-2,4-5,7H2/t10-,11-,12-,15-/m1/s1. The molecule has 0 unspecified atom stereocenters. The average Bonchev–Trinajstić information content (AvgIpc) is 3.28. The predicted octanol–water partition coefficient (Wildman–Crippen LogP) is -0.357. The number of anilines is 1. The lowest BCUT2D eigenvalue weighted by molar-refractivity contribution is -0.0508. The Morgan fingerprint density at radius 3 is 2.65 bits per heavy atom. The Bertz CT molecular complexity index is 700. The molecule has 2 aliphatic rings. The Kier molecular flexibility index (Phi) is 3.68. The van der Waals surface area contributed by atoms with Crippen molar-refractivity contribution in [1.82, 2.24) is 14.5 Å². The highest BCUT2D eigenvalue weighted by molar-refractivity contribution is 5.88. The van der Waals surface area contributed by atoms with E-state index in [1.807, 2.05) is 6.07 Å². The van der Waals surface area contributed by atoms with E-state index in [0.29, 0.717) is 5.65 Å². The van der Waals surface area contributed by atoms with Crippen LogP contribution in [0.3, 0.4) is 0 Å². The molecule has 0 saturated carbocycles. The van der Waals surface area contributed by atoms with E-state index in [4.69, 9.17) is 4.74 Å². The molecule has 2 aromatic heterocycles. The summed E-state index contributed by atoms with van der Waals surface area (Å²) in [6.45, 7) is 1.61. The first-order valence-electron chi connectivity index (χ1n) is 7.89. The second-order valence-corrected chi connectivity index (χ2v) is 6.08. The summed E-state index contributed by atoms with van der Waals surface area (Å²) in [6.07, 6.45) is 1.78. The zero-order valence-corrected chi connectivity index (χ0v) is 12.6. The number of rotatable bonds is 3. The van der Waals surface area contributed by atoms with Crippen LogP contribution in [0.5, 0.6) is 0 Å². The number of fused-ring (bicyclic) bond motifs is 1. The maximum absolute atomic E-state index is 10.2. The van der Waals surface area contributed by atoms with Gasteiger partial charge in [0.2, 0.25) is 0 Å². The van der Waals surface area contributed by atoms with Crippen molar-refractivity contribution in [2.45, 2.75) is 37.4 Å². The number of ether oxygens (including phenoxy) is 1. The molecule has 2 aliphatic heterocycles. The number of aliphatic hydroxyl groups is 3. The van der Waals surface area contributed by atoms with E-state index in [1.165, 1.54) is 6.33 Å². The van der Waals surface area contributed by atoms with Gasteiger partial charge in [-0.25, -0.2) is 9.97 Å². The molecule has 0 radical (unpaired) electrons. The fourth-order valence-electron chi connectivity index (χ4n) is 3.45. The van der Waals surface area contributed by atoms with Crippen LogP contribution in [0.4, 0.5) is 5.82 Å². The Hall–Kier alpha value is -1.74. The van der Waals surface area contributed by atoms with Gasteiger partial charge in [0.1, 0.15) is 36.1 Å². The van der Waals surface area contributed by atoms with E-state index >= 15 is 0 Å². The topological polar surface area (TPSA) is 104 Å². The molecule has 124 valence electrons. The molecule has 8 heteroatoms. The largest absolute Gasteiger partial charge is 0.394 e. The maximum Gasteiger partial charge on any atom is 0.164 e. The van der Waals surface area contributed by atoms with E-state index < -0.39 is 24.5 Å². The van der Waals surface area contributed by atoms with Crippen LogP contribution in [-0.4, -0.2) is 67.9 Å². The highest BCUT2D eigenvalue weighted by atomic mass is 16.6. The Morgan fingerprint density at radius 2 is 1.96 bits per heavy atom. The van der Waals surface area contributed by atoms with Crippen LogP contribution in [0, 0.1) is 0 Å². The third-order valence-electron chi connectivity index (χ3n) is 4.69. The molecule has 0 aromatic carbocycles. The molecule has 2 saturated heterocycles. The quantitative estimate of drug-likeness (QED) is 0.709. The van der Waals surface area contributed by atoms with Crippen molar-refractivity contribution in [3.63, 3.8) is 0 Å². The minimum absolute atomic E-state index is 0.345. The molecule has 8 nitrogen and oxygen atoms in total. The zero-order chi connectivity index (χ0) is 16.0. The van der Waals surface area contributed by atoms with Gasteiger partial charge in [-0.05, 0) is 18.9 Å². The third kappa shape index (κ3) is 2.29. The van der Waals surface area contributed by atoms with E-state index in [0.717, 1.165) is 37.1 Å². The molecule has 4 heterocycles. The first kappa shape index (κ1) is 14.8. The molecule has 0 bridgehead atoms. The predicted molar refractivity (Wildman–Crippen MR) is 82.0 cm³/mol. The normalized spacial score (nSPS) is 31.3. The summed E-state index contributed by atoms with van der Waals surface area (Å²) in [5, 5.41) is 30.3. The fraction of sp³-hybridized carbons (Fsp3) is 0.600. The summed E-state index contributed by atoms with van der Waals surface area (Å²) in [6, 6.07) is 1.90. The van der Waals surface area contributed by atoms with Crippen molar-refractivity contribution in [3.8, 4) is 0 Å². The molecule has 0 aliphatic carbocycles. The second kappa shape index (κ2) is 5.72.